The number of hydrogen-bond acceptors (Lipinski definition) is 4. The molecule has 0 spiro atoms. The second-order valence-electron chi connectivity index (χ2n) is 7.17. The Morgan fingerprint density at radius 2 is 2.04 bits per heavy atom. The molecular formula is C21H27N5OS. The van der Waals surface area contributed by atoms with E-state index in [1.165, 1.54) is 18.2 Å². The average Bonchev–Trinajstić information content (AvgIpc) is 3.33. The van der Waals surface area contributed by atoms with Crippen molar-refractivity contribution in [2.75, 3.05) is 18.8 Å². The Kier molecular flexibility index (Phi) is 5.71. The number of fused-ring (bicyclic) bond motifs is 1. The van der Waals surface area contributed by atoms with Gasteiger partial charge in [-0.2, -0.15) is 0 Å². The van der Waals surface area contributed by atoms with Gasteiger partial charge in [0.1, 0.15) is 0 Å². The first-order valence-corrected chi connectivity index (χ1v) is 11.1. The van der Waals surface area contributed by atoms with Crippen molar-refractivity contribution in [2.45, 2.75) is 50.7 Å². The quantitative estimate of drug-likeness (QED) is 0.426. The highest BCUT2D eigenvalue weighted by atomic mass is 32.2. The largest absolute Gasteiger partial charge is 0.360 e. The standard InChI is InChI=1S/C21H27N5OS/c1-3-25(4-2)19(27)10-7-13-28-21-24-23-20(26(21)15-11-12-15)17-14-22-18-9-6-5-8-16(17)18/h5-6,8-9,14-15,22H,3-4,7,10-13H2,1-2H3. The molecule has 1 N–H and O–H groups in total. The van der Waals surface area contributed by atoms with E-state index in [1.54, 1.807) is 11.8 Å². The maximum Gasteiger partial charge on any atom is 0.222 e. The van der Waals surface area contributed by atoms with Crippen LogP contribution in [0.15, 0.2) is 35.6 Å². The molecular weight excluding hydrogens is 370 g/mol. The van der Waals surface area contributed by atoms with Gasteiger partial charge in [0.2, 0.25) is 5.91 Å². The van der Waals surface area contributed by atoms with Crippen LogP contribution in [0.1, 0.15) is 45.6 Å². The molecule has 1 aliphatic carbocycles. The van der Waals surface area contributed by atoms with Crippen molar-refractivity contribution in [1.82, 2.24) is 24.6 Å². The lowest BCUT2D eigenvalue weighted by Gasteiger charge is -2.18. The number of para-hydroxylation sites is 1. The average molecular weight is 398 g/mol. The summed E-state index contributed by atoms with van der Waals surface area (Å²) in [6, 6.07) is 8.80. The van der Waals surface area contributed by atoms with Crippen molar-refractivity contribution in [3.8, 4) is 11.4 Å². The van der Waals surface area contributed by atoms with E-state index in [-0.39, 0.29) is 5.91 Å². The van der Waals surface area contributed by atoms with Gasteiger partial charge in [-0.25, -0.2) is 0 Å². The summed E-state index contributed by atoms with van der Waals surface area (Å²) in [6.07, 6.45) is 5.86. The number of thioether (sulfide) groups is 1. The first kappa shape index (κ1) is 19.1. The molecule has 6 nitrogen and oxygen atoms in total. The van der Waals surface area contributed by atoms with Crippen LogP contribution in [0.5, 0.6) is 0 Å². The summed E-state index contributed by atoms with van der Waals surface area (Å²) in [5, 5.41) is 11.2. The minimum absolute atomic E-state index is 0.244. The van der Waals surface area contributed by atoms with Crippen molar-refractivity contribution in [2.24, 2.45) is 0 Å². The Morgan fingerprint density at radius 3 is 2.79 bits per heavy atom. The Balaban J connectivity index is 1.47. The third kappa shape index (κ3) is 3.81. The Morgan fingerprint density at radius 1 is 1.25 bits per heavy atom. The number of benzene rings is 1. The molecule has 2 heterocycles. The number of H-pyrrole nitrogens is 1. The predicted molar refractivity (Wildman–Crippen MR) is 113 cm³/mol. The number of carbonyl (C=O) groups is 1. The van der Waals surface area contributed by atoms with Gasteiger partial charge in [0.05, 0.1) is 0 Å². The molecule has 0 unspecified atom stereocenters. The highest BCUT2D eigenvalue weighted by molar-refractivity contribution is 7.99. The number of aromatic amines is 1. The van der Waals surface area contributed by atoms with E-state index in [2.05, 4.69) is 37.9 Å². The van der Waals surface area contributed by atoms with Gasteiger partial charge >= 0.3 is 0 Å². The van der Waals surface area contributed by atoms with Crippen LogP contribution in [0, 0.1) is 0 Å². The monoisotopic (exact) mass is 397 g/mol. The molecule has 148 valence electrons. The van der Waals surface area contributed by atoms with Crippen LogP contribution in [0.4, 0.5) is 0 Å². The highest BCUT2D eigenvalue weighted by Gasteiger charge is 2.30. The van der Waals surface area contributed by atoms with E-state index in [1.807, 2.05) is 31.0 Å². The van der Waals surface area contributed by atoms with Crippen LogP contribution in [0.25, 0.3) is 22.3 Å². The molecule has 1 aliphatic rings. The lowest BCUT2D eigenvalue weighted by Crippen LogP contribution is -2.30. The van der Waals surface area contributed by atoms with Crippen molar-refractivity contribution in [3.63, 3.8) is 0 Å². The summed E-state index contributed by atoms with van der Waals surface area (Å²) < 4.78 is 2.30. The molecule has 1 saturated carbocycles. The molecule has 3 aromatic rings. The minimum atomic E-state index is 0.244. The SMILES string of the molecule is CCN(CC)C(=O)CCCSc1nnc(-c2c[nH]c3ccccc23)n1C1CC1. The molecule has 1 fully saturated rings. The molecule has 1 amide bonds. The van der Waals surface area contributed by atoms with Crippen LogP contribution >= 0.6 is 11.8 Å². The summed E-state index contributed by atoms with van der Waals surface area (Å²) in [5.74, 6) is 2.07. The van der Waals surface area contributed by atoms with Crippen LogP contribution in [-0.2, 0) is 4.79 Å². The molecule has 0 radical (unpaired) electrons. The Bertz CT molecular complexity index is 955. The van der Waals surface area contributed by atoms with Crippen molar-refractivity contribution in [3.05, 3.63) is 30.5 Å². The smallest absolute Gasteiger partial charge is 0.222 e. The first-order chi connectivity index (χ1) is 13.7. The summed E-state index contributed by atoms with van der Waals surface area (Å²) in [5.41, 5.74) is 2.23. The first-order valence-electron chi connectivity index (χ1n) is 10.1. The molecule has 0 saturated heterocycles. The fraction of sp³-hybridized carbons (Fsp3) is 0.476. The maximum absolute atomic E-state index is 12.2. The van der Waals surface area contributed by atoms with Crippen LogP contribution in [0.2, 0.25) is 0 Å². The molecule has 0 aliphatic heterocycles. The normalized spacial score (nSPS) is 13.9. The summed E-state index contributed by atoms with van der Waals surface area (Å²) in [7, 11) is 0. The van der Waals surface area contributed by atoms with Crippen molar-refractivity contribution < 1.29 is 4.79 Å². The number of hydrogen-bond donors (Lipinski definition) is 1. The number of rotatable bonds is 9. The zero-order chi connectivity index (χ0) is 19.5. The number of amides is 1. The van der Waals surface area contributed by atoms with Crippen molar-refractivity contribution >= 4 is 28.6 Å². The number of nitrogens with one attached hydrogen (secondary N) is 1. The zero-order valence-corrected chi connectivity index (χ0v) is 17.3. The van der Waals surface area contributed by atoms with E-state index in [9.17, 15) is 4.79 Å². The van der Waals surface area contributed by atoms with Crippen LogP contribution in [-0.4, -0.2) is 49.4 Å². The molecule has 4 rings (SSSR count). The van der Waals surface area contributed by atoms with E-state index >= 15 is 0 Å². The van der Waals surface area contributed by atoms with Gasteiger partial charge in [-0.1, -0.05) is 30.0 Å². The van der Waals surface area contributed by atoms with Gasteiger partial charge < -0.3 is 9.88 Å². The summed E-state index contributed by atoms with van der Waals surface area (Å²) in [6.45, 7) is 5.62. The number of carbonyl (C=O) groups excluding carboxylic acids is 1. The Labute approximate surface area is 169 Å². The van der Waals surface area contributed by atoms with E-state index in [0.717, 1.165) is 47.3 Å². The lowest BCUT2D eigenvalue weighted by molar-refractivity contribution is -0.130. The third-order valence-electron chi connectivity index (χ3n) is 5.29. The Hall–Kier alpha value is -2.28. The molecule has 0 atom stereocenters. The van der Waals surface area contributed by atoms with Crippen molar-refractivity contribution in [1.29, 1.82) is 0 Å². The molecule has 0 bridgehead atoms. The second kappa shape index (κ2) is 8.39. The molecule has 2 aromatic heterocycles. The van der Waals surface area contributed by atoms with E-state index in [4.69, 9.17) is 0 Å². The molecule has 28 heavy (non-hydrogen) atoms. The molecule has 1 aromatic carbocycles. The lowest BCUT2D eigenvalue weighted by atomic mass is 10.1. The van der Waals surface area contributed by atoms with Crippen LogP contribution < -0.4 is 0 Å². The van der Waals surface area contributed by atoms with Gasteiger partial charge in [0.15, 0.2) is 11.0 Å². The predicted octanol–water partition coefficient (Wildman–Crippen LogP) is 4.50. The van der Waals surface area contributed by atoms with Gasteiger partial charge in [0.25, 0.3) is 0 Å². The van der Waals surface area contributed by atoms with Gasteiger partial charge in [-0.15, -0.1) is 10.2 Å². The van der Waals surface area contributed by atoms with E-state index in [0.29, 0.717) is 12.5 Å². The summed E-state index contributed by atoms with van der Waals surface area (Å²) in [4.78, 5) is 17.4. The zero-order valence-electron chi connectivity index (χ0n) is 16.5. The van der Waals surface area contributed by atoms with E-state index < -0.39 is 0 Å². The van der Waals surface area contributed by atoms with Gasteiger partial charge in [-0.3, -0.25) is 9.36 Å². The van der Waals surface area contributed by atoms with Crippen LogP contribution in [0.3, 0.4) is 0 Å². The fourth-order valence-electron chi connectivity index (χ4n) is 3.60. The van der Waals surface area contributed by atoms with Gasteiger partial charge in [-0.05, 0) is 39.2 Å². The minimum Gasteiger partial charge on any atom is -0.360 e. The third-order valence-corrected chi connectivity index (χ3v) is 6.32. The number of nitrogens with zero attached hydrogens (tertiary/aromatic N) is 4. The summed E-state index contributed by atoms with van der Waals surface area (Å²) >= 11 is 1.72. The van der Waals surface area contributed by atoms with Gasteiger partial charge in [0, 0.05) is 54.0 Å². The highest BCUT2D eigenvalue weighted by Crippen LogP contribution is 2.42. The number of aromatic nitrogens is 4. The fourth-order valence-corrected chi connectivity index (χ4v) is 4.54. The second-order valence-corrected chi connectivity index (χ2v) is 8.24. The topological polar surface area (TPSA) is 66.8 Å². The molecule has 7 heteroatoms. The maximum atomic E-state index is 12.2.